The van der Waals surface area contributed by atoms with Crippen molar-refractivity contribution in [1.82, 2.24) is 13.7 Å². The van der Waals surface area contributed by atoms with Gasteiger partial charge in [0, 0.05) is 36.6 Å². The first-order valence-electron chi connectivity index (χ1n) is 11.7. The zero-order chi connectivity index (χ0) is 24.9. The highest BCUT2D eigenvalue weighted by Gasteiger charge is 2.21. The molecule has 0 atom stereocenters. The van der Waals surface area contributed by atoms with Gasteiger partial charge in [-0.1, -0.05) is 25.6 Å². The standard InChI is InChI=1S/C26H31IN6O2/c1-4-19-14-18(13-17(3)23(19)34)15-28-24-22(26(35)30-27)25(32-31-24)29-20-5-7-21(8-6-20)33-11-9-16(2)10-12-33/h4-8,13-14,16,34H,1,9-12,15H2,2-3H3,(H,30,35)(H3,28,29,31,32). The van der Waals surface area contributed by atoms with Crippen LogP contribution in [0.25, 0.3) is 6.08 Å². The lowest BCUT2D eigenvalue weighted by Gasteiger charge is -2.32. The second-order valence-corrected chi connectivity index (χ2v) is 9.53. The molecule has 0 spiro atoms. The molecule has 0 bridgehead atoms. The summed E-state index contributed by atoms with van der Waals surface area (Å²) < 4.78 is 2.66. The van der Waals surface area contributed by atoms with Gasteiger partial charge in [-0.15, -0.1) is 0 Å². The molecule has 0 aliphatic carbocycles. The third kappa shape index (κ3) is 5.72. The molecule has 1 aromatic heterocycles. The second kappa shape index (κ2) is 11.0. The fourth-order valence-corrected chi connectivity index (χ4v) is 4.59. The first kappa shape index (κ1) is 24.9. The number of H-pyrrole nitrogens is 1. The van der Waals surface area contributed by atoms with E-state index in [2.05, 4.69) is 54.9 Å². The van der Waals surface area contributed by atoms with Crippen LogP contribution in [-0.2, 0) is 6.54 Å². The Labute approximate surface area is 219 Å². The van der Waals surface area contributed by atoms with Crippen molar-refractivity contribution in [2.24, 2.45) is 5.92 Å². The van der Waals surface area contributed by atoms with Gasteiger partial charge in [-0.2, -0.15) is 5.10 Å². The summed E-state index contributed by atoms with van der Waals surface area (Å²) in [5, 5.41) is 23.9. The average molecular weight is 586 g/mol. The quantitative estimate of drug-likeness (QED) is 0.170. The normalized spacial score (nSPS) is 14.0. The number of hydrogen-bond donors (Lipinski definition) is 5. The Morgan fingerprint density at radius 1 is 1.29 bits per heavy atom. The molecular formula is C26H31IN6O2. The van der Waals surface area contributed by atoms with Crippen LogP contribution < -0.4 is 19.1 Å². The SMILES string of the molecule is C=Cc1cc(CNc2n[nH]c(Nc3ccc(N4CCC(C)CC4)cc3)c2C(=O)NI)cc(C)c1O. The molecule has 0 saturated carbocycles. The summed E-state index contributed by atoms with van der Waals surface area (Å²) in [6.45, 7) is 10.5. The van der Waals surface area contributed by atoms with E-state index in [1.54, 1.807) is 6.08 Å². The molecule has 9 heteroatoms. The van der Waals surface area contributed by atoms with E-state index in [0.717, 1.165) is 35.8 Å². The number of phenols is 1. The number of rotatable bonds is 8. The molecule has 1 fully saturated rings. The predicted molar refractivity (Wildman–Crippen MR) is 151 cm³/mol. The molecule has 184 valence electrons. The first-order chi connectivity index (χ1) is 16.9. The number of benzene rings is 2. The van der Waals surface area contributed by atoms with E-state index in [9.17, 15) is 9.90 Å². The monoisotopic (exact) mass is 586 g/mol. The number of halogens is 1. The summed E-state index contributed by atoms with van der Waals surface area (Å²) in [5.74, 6) is 1.69. The summed E-state index contributed by atoms with van der Waals surface area (Å²) in [7, 11) is 0. The van der Waals surface area contributed by atoms with Gasteiger partial charge < -0.3 is 20.6 Å². The average Bonchev–Trinajstić information content (AvgIpc) is 3.27. The lowest BCUT2D eigenvalue weighted by molar-refractivity contribution is 0.0991. The maximum absolute atomic E-state index is 12.7. The van der Waals surface area contributed by atoms with Crippen molar-refractivity contribution in [1.29, 1.82) is 0 Å². The lowest BCUT2D eigenvalue weighted by atomic mass is 9.99. The van der Waals surface area contributed by atoms with Crippen LogP contribution in [0.15, 0.2) is 43.0 Å². The summed E-state index contributed by atoms with van der Waals surface area (Å²) in [6.07, 6.45) is 4.06. The summed E-state index contributed by atoms with van der Waals surface area (Å²) >= 11 is 1.83. The van der Waals surface area contributed by atoms with E-state index in [1.165, 1.54) is 18.5 Å². The number of anilines is 4. The molecule has 1 saturated heterocycles. The van der Waals surface area contributed by atoms with Crippen molar-refractivity contribution in [2.75, 3.05) is 28.6 Å². The molecule has 1 amide bonds. The van der Waals surface area contributed by atoms with Crippen molar-refractivity contribution < 1.29 is 9.90 Å². The van der Waals surface area contributed by atoms with Crippen molar-refractivity contribution in [3.05, 3.63) is 65.2 Å². The maximum Gasteiger partial charge on any atom is 0.267 e. The van der Waals surface area contributed by atoms with Gasteiger partial charge in [0.05, 0.1) is 22.9 Å². The minimum absolute atomic E-state index is 0.223. The highest BCUT2D eigenvalue weighted by Crippen LogP contribution is 2.29. The van der Waals surface area contributed by atoms with Crippen molar-refractivity contribution >= 4 is 57.9 Å². The van der Waals surface area contributed by atoms with Crippen LogP contribution in [0.2, 0.25) is 0 Å². The minimum atomic E-state index is -0.267. The molecule has 2 heterocycles. The third-order valence-electron chi connectivity index (χ3n) is 6.43. The third-order valence-corrected chi connectivity index (χ3v) is 6.92. The number of hydrogen-bond acceptors (Lipinski definition) is 6. The number of aromatic hydroxyl groups is 1. The van der Waals surface area contributed by atoms with Gasteiger partial charge in [-0.3, -0.25) is 13.4 Å². The van der Waals surface area contributed by atoms with Crippen LogP contribution in [0.5, 0.6) is 5.75 Å². The number of nitrogens with zero attached hydrogens (tertiary/aromatic N) is 2. The molecule has 4 rings (SSSR count). The molecule has 3 aromatic rings. The Balaban J connectivity index is 1.49. The number of nitrogens with one attached hydrogen (secondary N) is 4. The van der Waals surface area contributed by atoms with Gasteiger partial charge in [0.15, 0.2) is 5.82 Å². The molecule has 8 nitrogen and oxygen atoms in total. The summed E-state index contributed by atoms with van der Waals surface area (Å²) in [4.78, 5) is 15.1. The number of amides is 1. The van der Waals surface area contributed by atoms with E-state index in [0.29, 0.717) is 29.3 Å². The van der Waals surface area contributed by atoms with E-state index >= 15 is 0 Å². The smallest absolute Gasteiger partial charge is 0.267 e. The molecule has 1 aliphatic rings. The highest BCUT2D eigenvalue weighted by atomic mass is 127. The Bertz CT molecular complexity index is 1200. The van der Waals surface area contributed by atoms with E-state index in [1.807, 2.05) is 54.1 Å². The summed E-state index contributed by atoms with van der Waals surface area (Å²) in [5.41, 5.74) is 4.84. The van der Waals surface area contributed by atoms with Crippen LogP contribution in [0.1, 0.15) is 46.8 Å². The molecule has 35 heavy (non-hydrogen) atoms. The predicted octanol–water partition coefficient (Wildman–Crippen LogP) is 5.74. The lowest BCUT2D eigenvalue weighted by Crippen LogP contribution is -2.32. The number of aromatic amines is 1. The van der Waals surface area contributed by atoms with Gasteiger partial charge in [-0.05, 0) is 67.1 Å². The molecule has 0 radical (unpaired) electrons. The van der Waals surface area contributed by atoms with Gasteiger partial charge in [0.25, 0.3) is 5.91 Å². The van der Waals surface area contributed by atoms with Crippen LogP contribution >= 0.6 is 22.9 Å². The van der Waals surface area contributed by atoms with E-state index in [-0.39, 0.29) is 11.7 Å². The Kier molecular flexibility index (Phi) is 7.84. The molecule has 5 N–H and O–H groups in total. The Morgan fingerprint density at radius 2 is 2.00 bits per heavy atom. The number of phenolic OH excluding ortho intramolecular Hbond substituents is 1. The van der Waals surface area contributed by atoms with Gasteiger partial charge in [0.2, 0.25) is 0 Å². The number of piperidine rings is 1. The molecule has 1 aliphatic heterocycles. The number of carbonyl (C=O) groups excluding carboxylic acids is 1. The summed E-state index contributed by atoms with van der Waals surface area (Å²) in [6, 6.07) is 12.0. The number of aromatic nitrogens is 2. The van der Waals surface area contributed by atoms with Crippen LogP contribution in [0, 0.1) is 12.8 Å². The van der Waals surface area contributed by atoms with Crippen molar-refractivity contribution in [3.63, 3.8) is 0 Å². The largest absolute Gasteiger partial charge is 0.507 e. The van der Waals surface area contributed by atoms with Crippen molar-refractivity contribution in [3.8, 4) is 5.75 Å². The molecule has 0 unspecified atom stereocenters. The fraction of sp³-hybridized carbons (Fsp3) is 0.308. The van der Waals surface area contributed by atoms with E-state index in [4.69, 9.17) is 0 Å². The topological polar surface area (TPSA) is 105 Å². The second-order valence-electron chi connectivity index (χ2n) is 9.00. The fourth-order valence-electron chi connectivity index (χ4n) is 4.32. The Hall–Kier alpha value is -3.21. The minimum Gasteiger partial charge on any atom is -0.507 e. The zero-order valence-corrected chi connectivity index (χ0v) is 22.1. The maximum atomic E-state index is 12.7. The van der Waals surface area contributed by atoms with Gasteiger partial charge >= 0.3 is 0 Å². The number of carbonyl (C=O) groups is 1. The first-order valence-corrected chi connectivity index (χ1v) is 12.8. The van der Waals surface area contributed by atoms with Gasteiger partial charge in [0.1, 0.15) is 17.1 Å². The van der Waals surface area contributed by atoms with Crippen LogP contribution in [0.4, 0.5) is 23.0 Å². The van der Waals surface area contributed by atoms with Crippen LogP contribution in [0.3, 0.4) is 0 Å². The van der Waals surface area contributed by atoms with Crippen LogP contribution in [-0.4, -0.2) is 34.3 Å². The molecular weight excluding hydrogens is 555 g/mol. The Morgan fingerprint density at radius 3 is 2.66 bits per heavy atom. The van der Waals surface area contributed by atoms with Crippen molar-refractivity contribution in [2.45, 2.75) is 33.2 Å². The van der Waals surface area contributed by atoms with Gasteiger partial charge in [-0.25, -0.2) is 0 Å². The van der Waals surface area contributed by atoms with E-state index < -0.39 is 0 Å². The zero-order valence-electron chi connectivity index (χ0n) is 20.0. The number of aryl methyl sites for hydroxylation is 1. The highest BCUT2D eigenvalue weighted by molar-refractivity contribution is 14.1. The molecule has 2 aromatic carbocycles.